The predicted octanol–water partition coefficient (Wildman–Crippen LogP) is 3.12. The third kappa shape index (κ3) is 6.03. The number of hydrogen-bond acceptors (Lipinski definition) is 5. The van der Waals surface area contributed by atoms with Crippen LogP contribution < -0.4 is 30.4 Å². The van der Waals surface area contributed by atoms with Crippen molar-refractivity contribution in [3.05, 3.63) is 48.0 Å². The summed E-state index contributed by atoms with van der Waals surface area (Å²) in [5, 5.41) is 3.17. The van der Waals surface area contributed by atoms with Gasteiger partial charge < -0.3 is 19.5 Å². The molecule has 2 aromatic rings. The highest BCUT2D eigenvalue weighted by Gasteiger charge is 2.10. The second-order valence-electron chi connectivity index (χ2n) is 5.79. The molecule has 0 aliphatic carbocycles. The van der Waals surface area contributed by atoms with E-state index in [0.717, 1.165) is 0 Å². The molecule has 0 unspecified atom stereocenters. The first-order valence-corrected chi connectivity index (χ1v) is 8.70. The van der Waals surface area contributed by atoms with Crippen LogP contribution in [0.25, 0.3) is 0 Å². The average Bonchev–Trinajstić information content (AvgIpc) is 2.66. The Morgan fingerprint density at radius 2 is 1.78 bits per heavy atom. The second-order valence-corrected chi connectivity index (χ2v) is 6.20. The van der Waals surface area contributed by atoms with Crippen molar-refractivity contribution in [2.45, 2.75) is 20.0 Å². The van der Waals surface area contributed by atoms with Crippen LogP contribution in [0.2, 0.25) is 0 Å². The molecule has 1 amide bonds. The Morgan fingerprint density at radius 1 is 1.00 bits per heavy atom. The van der Waals surface area contributed by atoms with Gasteiger partial charge in [-0.3, -0.25) is 15.6 Å². The summed E-state index contributed by atoms with van der Waals surface area (Å²) in [5.74, 6) is 1.51. The third-order valence-corrected chi connectivity index (χ3v) is 3.62. The van der Waals surface area contributed by atoms with Crippen LogP contribution in [-0.2, 0) is 0 Å². The SMILES string of the molecule is COc1ccc(NC(=S)NNC(=O)c2cccc(OC(C)C)c2)c(OC)c1. The number of methoxy groups -OCH3 is 2. The van der Waals surface area contributed by atoms with Crippen molar-refractivity contribution in [3.8, 4) is 17.2 Å². The fourth-order valence-electron chi connectivity index (χ4n) is 2.22. The molecular weight excluding hydrogens is 366 g/mol. The lowest BCUT2D eigenvalue weighted by Crippen LogP contribution is -2.43. The van der Waals surface area contributed by atoms with E-state index in [9.17, 15) is 4.79 Å². The Hall–Kier alpha value is -3.00. The number of thiocarbonyl (C=S) groups is 1. The van der Waals surface area contributed by atoms with E-state index in [2.05, 4.69) is 16.2 Å². The van der Waals surface area contributed by atoms with Crippen molar-refractivity contribution < 1.29 is 19.0 Å². The Kier molecular flexibility index (Phi) is 7.25. The number of rotatable bonds is 6. The summed E-state index contributed by atoms with van der Waals surface area (Å²) in [4.78, 5) is 12.3. The zero-order valence-corrected chi connectivity index (χ0v) is 16.5. The number of benzene rings is 2. The van der Waals surface area contributed by atoms with Gasteiger partial charge in [0.25, 0.3) is 5.91 Å². The highest BCUT2D eigenvalue weighted by atomic mass is 32.1. The molecular formula is C19H23N3O4S. The fourth-order valence-corrected chi connectivity index (χ4v) is 2.38. The maximum Gasteiger partial charge on any atom is 0.269 e. The van der Waals surface area contributed by atoms with Crippen LogP contribution in [-0.4, -0.2) is 31.3 Å². The second kappa shape index (κ2) is 9.63. The molecule has 27 heavy (non-hydrogen) atoms. The topological polar surface area (TPSA) is 80.9 Å². The van der Waals surface area contributed by atoms with E-state index < -0.39 is 0 Å². The number of ether oxygens (including phenoxy) is 3. The standard InChI is InChI=1S/C19H23N3O4S/c1-12(2)26-15-7-5-6-13(10-15)18(23)21-22-19(27)20-16-9-8-14(24-3)11-17(16)25-4/h5-12H,1-4H3,(H,21,23)(H2,20,22,27). The van der Waals surface area contributed by atoms with Crippen molar-refractivity contribution in [1.29, 1.82) is 0 Å². The van der Waals surface area contributed by atoms with E-state index in [1.54, 1.807) is 56.7 Å². The molecule has 3 N–H and O–H groups in total. The average molecular weight is 389 g/mol. The first kappa shape index (κ1) is 20.3. The van der Waals surface area contributed by atoms with E-state index in [4.69, 9.17) is 26.4 Å². The molecule has 0 bridgehead atoms. The molecule has 8 heteroatoms. The molecule has 7 nitrogen and oxygen atoms in total. The Morgan fingerprint density at radius 3 is 2.44 bits per heavy atom. The normalized spacial score (nSPS) is 10.1. The number of carbonyl (C=O) groups excluding carboxylic acids is 1. The summed E-state index contributed by atoms with van der Waals surface area (Å²) in [5.41, 5.74) is 6.29. The van der Waals surface area contributed by atoms with Crippen molar-refractivity contribution in [3.63, 3.8) is 0 Å². The molecule has 2 rings (SSSR count). The Bertz CT molecular complexity index is 811. The molecule has 0 saturated heterocycles. The molecule has 0 atom stereocenters. The zero-order valence-electron chi connectivity index (χ0n) is 15.7. The summed E-state index contributed by atoms with van der Waals surface area (Å²) in [6.45, 7) is 3.84. The van der Waals surface area contributed by atoms with Crippen LogP contribution in [0.4, 0.5) is 5.69 Å². The quantitative estimate of drug-likeness (QED) is 0.517. The van der Waals surface area contributed by atoms with E-state index in [1.807, 2.05) is 13.8 Å². The fraction of sp³-hybridized carbons (Fsp3) is 0.263. The number of nitrogens with one attached hydrogen (secondary N) is 3. The van der Waals surface area contributed by atoms with Crippen LogP contribution in [0.15, 0.2) is 42.5 Å². The van der Waals surface area contributed by atoms with E-state index in [0.29, 0.717) is 28.5 Å². The lowest BCUT2D eigenvalue weighted by Gasteiger charge is -2.15. The van der Waals surface area contributed by atoms with Crippen molar-refractivity contribution in [1.82, 2.24) is 10.9 Å². The van der Waals surface area contributed by atoms with Crippen molar-refractivity contribution >= 4 is 28.9 Å². The van der Waals surface area contributed by atoms with Gasteiger partial charge in [0, 0.05) is 11.6 Å². The first-order valence-electron chi connectivity index (χ1n) is 8.29. The molecule has 2 aromatic carbocycles. The van der Waals surface area contributed by atoms with E-state index in [-0.39, 0.29) is 17.1 Å². The lowest BCUT2D eigenvalue weighted by molar-refractivity contribution is 0.0943. The summed E-state index contributed by atoms with van der Waals surface area (Å²) in [6, 6.07) is 12.2. The van der Waals surface area contributed by atoms with Gasteiger partial charge in [-0.2, -0.15) is 0 Å². The maximum atomic E-state index is 12.3. The van der Waals surface area contributed by atoms with Crippen molar-refractivity contribution in [2.75, 3.05) is 19.5 Å². The molecule has 0 aliphatic heterocycles. The molecule has 0 radical (unpaired) electrons. The number of hydrogen-bond donors (Lipinski definition) is 3. The van der Waals surface area contributed by atoms with Crippen LogP contribution >= 0.6 is 12.2 Å². The van der Waals surface area contributed by atoms with Gasteiger partial charge in [0.05, 0.1) is 26.0 Å². The Balaban J connectivity index is 1.94. The monoisotopic (exact) mass is 389 g/mol. The van der Waals surface area contributed by atoms with E-state index in [1.165, 1.54) is 0 Å². The first-order chi connectivity index (χ1) is 12.9. The minimum absolute atomic E-state index is 0.0256. The van der Waals surface area contributed by atoms with Gasteiger partial charge in [-0.25, -0.2) is 0 Å². The van der Waals surface area contributed by atoms with Crippen LogP contribution in [0.1, 0.15) is 24.2 Å². The van der Waals surface area contributed by atoms with Gasteiger partial charge in [0.15, 0.2) is 5.11 Å². The van der Waals surface area contributed by atoms with Crippen LogP contribution in [0.5, 0.6) is 17.2 Å². The minimum Gasteiger partial charge on any atom is -0.497 e. The number of amides is 1. The summed E-state index contributed by atoms with van der Waals surface area (Å²) >= 11 is 5.21. The third-order valence-electron chi connectivity index (χ3n) is 3.41. The molecule has 0 spiro atoms. The minimum atomic E-state index is -0.338. The van der Waals surface area contributed by atoms with Crippen LogP contribution in [0, 0.1) is 0 Å². The highest BCUT2D eigenvalue weighted by molar-refractivity contribution is 7.80. The van der Waals surface area contributed by atoms with Gasteiger partial charge >= 0.3 is 0 Å². The maximum absolute atomic E-state index is 12.3. The van der Waals surface area contributed by atoms with E-state index >= 15 is 0 Å². The number of carbonyl (C=O) groups is 1. The number of anilines is 1. The van der Waals surface area contributed by atoms with Crippen LogP contribution in [0.3, 0.4) is 0 Å². The Labute approximate surface area is 164 Å². The highest BCUT2D eigenvalue weighted by Crippen LogP contribution is 2.28. The predicted molar refractivity (Wildman–Crippen MR) is 109 cm³/mol. The zero-order chi connectivity index (χ0) is 19.8. The van der Waals surface area contributed by atoms with Gasteiger partial charge in [-0.1, -0.05) is 6.07 Å². The lowest BCUT2D eigenvalue weighted by atomic mass is 10.2. The van der Waals surface area contributed by atoms with Gasteiger partial charge in [0.2, 0.25) is 0 Å². The van der Waals surface area contributed by atoms with Gasteiger partial charge in [-0.15, -0.1) is 0 Å². The summed E-state index contributed by atoms with van der Waals surface area (Å²) in [6.07, 6.45) is 0.0256. The smallest absolute Gasteiger partial charge is 0.269 e. The summed E-state index contributed by atoms with van der Waals surface area (Å²) < 4.78 is 16.0. The van der Waals surface area contributed by atoms with Gasteiger partial charge in [0.1, 0.15) is 17.2 Å². The molecule has 0 fully saturated rings. The molecule has 144 valence electrons. The molecule has 0 aliphatic rings. The van der Waals surface area contributed by atoms with Crippen molar-refractivity contribution in [2.24, 2.45) is 0 Å². The molecule has 0 saturated carbocycles. The summed E-state index contributed by atoms with van der Waals surface area (Å²) in [7, 11) is 3.12. The largest absolute Gasteiger partial charge is 0.497 e. The number of hydrazine groups is 1. The molecule has 0 aromatic heterocycles. The molecule has 0 heterocycles. The van der Waals surface area contributed by atoms with Gasteiger partial charge in [-0.05, 0) is 56.4 Å².